The molecule has 1 amide bonds. The zero-order valence-corrected chi connectivity index (χ0v) is 12.4. The van der Waals surface area contributed by atoms with Crippen LogP contribution in [0.4, 0.5) is 0 Å². The number of thioether (sulfide) groups is 1. The van der Waals surface area contributed by atoms with Crippen molar-refractivity contribution in [1.82, 2.24) is 10.3 Å². The molecule has 2 aromatic rings. The van der Waals surface area contributed by atoms with Gasteiger partial charge in [-0.05, 0) is 42.5 Å². The Morgan fingerprint density at radius 1 is 1.42 bits per heavy atom. The van der Waals surface area contributed by atoms with Crippen LogP contribution < -0.4 is 5.32 Å². The first-order valence-corrected chi connectivity index (χ1v) is 8.00. The molecule has 0 unspecified atom stereocenters. The van der Waals surface area contributed by atoms with Crippen molar-refractivity contribution < 1.29 is 4.79 Å². The molecule has 0 aliphatic carbocycles. The summed E-state index contributed by atoms with van der Waals surface area (Å²) in [5.41, 5.74) is 1.05. The second-order valence-corrected chi connectivity index (χ2v) is 6.09. The first-order valence-electron chi connectivity index (χ1n) is 6.13. The van der Waals surface area contributed by atoms with Gasteiger partial charge in [-0.25, -0.2) is 4.98 Å². The molecule has 0 saturated carbocycles. The van der Waals surface area contributed by atoms with Gasteiger partial charge in [-0.3, -0.25) is 4.79 Å². The molecule has 100 valence electrons. The number of amides is 1. The molecule has 0 aliphatic heterocycles. The number of hydrogen-bond donors (Lipinski definition) is 1. The number of rotatable bonds is 6. The lowest BCUT2D eigenvalue weighted by molar-refractivity contribution is 0.0957. The Morgan fingerprint density at radius 3 is 3.00 bits per heavy atom. The smallest absolute Gasteiger partial charge is 0.261 e. The molecule has 2 rings (SSSR count). The van der Waals surface area contributed by atoms with Gasteiger partial charge in [-0.15, -0.1) is 23.1 Å². The van der Waals surface area contributed by atoms with Gasteiger partial charge in [-0.2, -0.15) is 0 Å². The molecule has 5 heteroatoms. The summed E-state index contributed by atoms with van der Waals surface area (Å²) in [6.45, 7) is 2.67. The second kappa shape index (κ2) is 7.31. The molecule has 0 fully saturated rings. The van der Waals surface area contributed by atoms with Crippen molar-refractivity contribution in [1.29, 1.82) is 0 Å². The fourth-order valence-corrected chi connectivity index (χ4v) is 3.22. The number of pyridine rings is 1. The fraction of sp³-hybridized carbons (Fsp3) is 0.286. The van der Waals surface area contributed by atoms with Gasteiger partial charge in [-0.1, -0.05) is 6.07 Å². The van der Waals surface area contributed by atoms with E-state index in [2.05, 4.69) is 10.3 Å². The number of aryl methyl sites for hydroxylation is 1. The molecule has 19 heavy (non-hydrogen) atoms. The summed E-state index contributed by atoms with van der Waals surface area (Å²) < 4.78 is 0. The average molecular weight is 292 g/mol. The third-order valence-electron chi connectivity index (χ3n) is 2.56. The molecule has 0 aliphatic rings. The average Bonchev–Trinajstić information content (AvgIpc) is 2.86. The van der Waals surface area contributed by atoms with E-state index in [4.69, 9.17) is 0 Å². The van der Waals surface area contributed by atoms with Crippen molar-refractivity contribution in [2.75, 3.05) is 12.3 Å². The van der Waals surface area contributed by atoms with Crippen molar-refractivity contribution in [3.63, 3.8) is 0 Å². The van der Waals surface area contributed by atoms with Gasteiger partial charge in [0.25, 0.3) is 5.91 Å². The SMILES string of the molecule is Cc1ccsc1C(=O)NCCCSc1ccccn1. The number of hydrogen-bond acceptors (Lipinski definition) is 4. The third kappa shape index (κ3) is 4.36. The van der Waals surface area contributed by atoms with Crippen molar-refractivity contribution in [2.45, 2.75) is 18.4 Å². The number of thiophene rings is 1. The highest BCUT2D eigenvalue weighted by atomic mass is 32.2. The Balaban J connectivity index is 1.65. The van der Waals surface area contributed by atoms with Crippen LogP contribution in [0, 0.1) is 6.92 Å². The highest BCUT2D eigenvalue weighted by Crippen LogP contribution is 2.16. The molecular weight excluding hydrogens is 276 g/mol. The molecular formula is C14H16N2OS2. The van der Waals surface area contributed by atoms with Gasteiger partial charge < -0.3 is 5.32 Å². The summed E-state index contributed by atoms with van der Waals surface area (Å²) in [5.74, 6) is 0.996. The van der Waals surface area contributed by atoms with E-state index >= 15 is 0 Å². The molecule has 0 radical (unpaired) electrons. The van der Waals surface area contributed by atoms with Crippen LogP contribution in [0.2, 0.25) is 0 Å². The number of nitrogens with one attached hydrogen (secondary N) is 1. The maximum Gasteiger partial charge on any atom is 0.261 e. The van der Waals surface area contributed by atoms with E-state index in [0.29, 0.717) is 6.54 Å². The minimum absolute atomic E-state index is 0.0373. The number of carbonyl (C=O) groups excluding carboxylic acids is 1. The zero-order chi connectivity index (χ0) is 13.5. The highest BCUT2D eigenvalue weighted by Gasteiger charge is 2.08. The zero-order valence-electron chi connectivity index (χ0n) is 10.8. The topological polar surface area (TPSA) is 42.0 Å². The molecule has 0 aromatic carbocycles. The Kier molecular flexibility index (Phi) is 5.42. The second-order valence-electron chi connectivity index (χ2n) is 4.06. The van der Waals surface area contributed by atoms with E-state index in [1.807, 2.05) is 36.6 Å². The Morgan fingerprint density at radius 2 is 2.32 bits per heavy atom. The summed E-state index contributed by atoms with van der Waals surface area (Å²) in [6, 6.07) is 7.86. The van der Waals surface area contributed by atoms with E-state index in [1.54, 1.807) is 18.0 Å². The Hall–Kier alpha value is -1.33. The summed E-state index contributed by atoms with van der Waals surface area (Å²) >= 11 is 3.20. The standard InChI is InChI=1S/C14H16N2OS2/c1-11-6-10-19-13(11)14(17)16-8-4-9-18-12-5-2-3-7-15-12/h2-3,5-7,10H,4,8-9H2,1H3,(H,16,17). The van der Waals surface area contributed by atoms with Gasteiger partial charge in [0.05, 0.1) is 9.90 Å². The van der Waals surface area contributed by atoms with Crippen molar-refractivity contribution in [3.8, 4) is 0 Å². The van der Waals surface area contributed by atoms with E-state index in [9.17, 15) is 4.79 Å². The molecule has 0 atom stereocenters. The summed E-state index contributed by atoms with van der Waals surface area (Å²) in [5, 5.41) is 5.93. The molecule has 0 saturated heterocycles. The monoisotopic (exact) mass is 292 g/mol. The Labute approximate surface area is 121 Å². The highest BCUT2D eigenvalue weighted by molar-refractivity contribution is 7.99. The van der Waals surface area contributed by atoms with Gasteiger partial charge in [0, 0.05) is 18.5 Å². The minimum Gasteiger partial charge on any atom is -0.351 e. The van der Waals surface area contributed by atoms with Crippen LogP contribution in [-0.2, 0) is 0 Å². The van der Waals surface area contributed by atoms with Gasteiger partial charge in [0.1, 0.15) is 0 Å². The summed E-state index contributed by atoms with van der Waals surface area (Å²) in [7, 11) is 0. The Bertz CT molecular complexity index is 525. The van der Waals surface area contributed by atoms with E-state index in [-0.39, 0.29) is 5.91 Å². The van der Waals surface area contributed by atoms with Crippen LogP contribution in [0.5, 0.6) is 0 Å². The summed E-state index contributed by atoms with van der Waals surface area (Å²) in [6.07, 6.45) is 2.74. The van der Waals surface area contributed by atoms with Crippen LogP contribution in [0.15, 0.2) is 40.9 Å². The van der Waals surface area contributed by atoms with Gasteiger partial charge in [0.2, 0.25) is 0 Å². The maximum absolute atomic E-state index is 11.8. The number of aromatic nitrogens is 1. The normalized spacial score (nSPS) is 10.4. The maximum atomic E-state index is 11.8. The van der Waals surface area contributed by atoms with E-state index in [1.165, 1.54) is 11.3 Å². The van der Waals surface area contributed by atoms with Crippen LogP contribution in [0.1, 0.15) is 21.7 Å². The fourth-order valence-electron chi connectivity index (χ4n) is 1.57. The lowest BCUT2D eigenvalue weighted by atomic mass is 10.3. The first-order chi connectivity index (χ1) is 9.27. The van der Waals surface area contributed by atoms with Crippen molar-refractivity contribution >= 4 is 29.0 Å². The molecule has 2 heterocycles. The largest absolute Gasteiger partial charge is 0.351 e. The van der Waals surface area contributed by atoms with Crippen LogP contribution in [0.25, 0.3) is 0 Å². The van der Waals surface area contributed by atoms with Crippen molar-refractivity contribution in [3.05, 3.63) is 46.3 Å². The van der Waals surface area contributed by atoms with E-state index < -0.39 is 0 Å². The van der Waals surface area contributed by atoms with Gasteiger partial charge >= 0.3 is 0 Å². The summed E-state index contributed by atoms with van der Waals surface area (Å²) in [4.78, 5) is 16.9. The minimum atomic E-state index is 0.0373. The number of carbonyl (C=O) groups is 1. The van der Waals surface area contributed by atoms with Crippen LogP contribution in [-0.4, -0.2) is 23.2 Å². The first kappa shape index (κ1) is 14.1. The molecule has 0 bridgehead atoms. The quantitative estimate of drug-likeness (QED) is 0.655. The van der Waals surface area contributed by atoms with Gasteiger partial charge in [0.15, 0.2) is 0 Å². The lowest BCUT2D eigenvalue weighted by Gasteiger charge is -2.04. The van der Waals surface area contributed by atoms with E-state index in [0.717, 1.165) is 27.6 Å². The van der Waals surface area contributed by atoms with Crippen LogP contribution >= 0.6 is 23.1 Å². The molecule has 1 N–H and O–H groups in total. The van der Waals surface area contributed by atoms with Crippen molar-refractivity contribution in [2.24, 2.45) is 0 Å². The predicted octanol–water partition coefficient (Wildman–Crippen LogP) is 3.36. The predicted molar refractivity (Wildman–Crippen MR) is 81.0 cm³/mol. The van der Waals surface area contributed by atoms with Crippen LogP contribution in [0.3, 0.4) is 0 Å². The number of nitrogens with zero attached hydrogens (tertiary/aromatic N) is 1. The third-order valence-corrected chi connectivity index (χ3v) is 4.61. The lowest BCUT2D eigenvalue weighted by Crippen LogP contribution is -2.24. The molecule has 3 nitrogen and oxygen atoms in total. The molecule has 0 spiro atoms. The molecule has 2 aromatic heterocycles.